The largest absolute Gasteiger partial charge is 0.392 e. The minimum atomic E-state index is -3.72. The fourth-order valence-electron chi connectivity index (χ4n) is 2.13. The molecule has 0 aliphatic heterocycles. The third kappa shape index (κ3) is 5.35. The average molecular weight is 318 g/mol. The maximum Gasteiger partial charge on any atom is 0.240 e. The van der Waals surface area contributed by atoms with Gasteiger partial charge in [0.25, 0.3) is 0 Å². The van der Waals surface area contributed by atoms with Crippen molar-refractivity contribution >= 4 is 10.0 Å². The maximum atomic E-state index is 13.3. The van der Waals surface area contributed by atoms with E-state index < -0.39 is 22.4 Å². The predicted molar refractivity (Wildman–Crippen MR) is 79.8 cm³/mol. The number of hydrogen-bond acceptors (Lipinski definition) is 4. The van der Waals surface area contributed by atoms with Crippen molar-refractivity contribution in [3.63, 3.8) is 0 Å². The first-order valence-electron chi connectivity index (χ1n) is 6.61. The molecular formula is C14H23FN2O3S. The lowest BCUT2D eigenvalue weighted by molar-refractivity contribution is 0.242. The van der Waals surface area contributed by atoms with Crippen LogP contribution in [0, 0.1) is 11.2 Å². The number of nitrogens with zero attached hydrogens (tertiary/aromatic N) is 1. The Hall–Kier alpha value is -1.02. The van der Waals surface area contributed by atoms with Crippen LogP contribution in [0.3, 0.4) is 0 Å². The highest BCUT2D eigenvalue weighted by molar-refractivity contribution is 7.89. The number of halogens is 1. The van der Waals surface area contributed by atoms with Gasteiger partial charge in [0.2, 0.25) is 10.0 Å². The Morgan fingerprint density at radius 1 is 1.33 bits per heavy atom. The molecule has 0 heterocycles. The lowest BCUT2D eigenvalue weighted by Crippen LogP contribution is -2.39. The summed E-state index contributed by atoms with van der Waals surface area (Å²) in [7, 11) is 0.116. The molecule has 0 unspecified atom stereocenters. The summed E-state index contributed by atoms with van der Waals surface area (Å²) in [6.07, 6.45) is 0. The van der Waals surface area contributed by atoms with Gasteiger partial charge in [0.1, 0.15) is 5.82 Å². The van der Waals surface area contributed by atoms with Gasteiger partial charge in [0.15, 0.2) is 0 Å². The number of aliphatic hydroxyl groups excluding tert-OH is 1. The van der Waals surface area contributed by atoms with Crippen molar-refractivity contribution in [2.75, 3.05) is 27.2 Å². The highest BCUT2D eigenvalue weighted by atomic mass is 32.2. The Bertz CT molecular complexity index is 586. The molecule has 7 heteroatoms. The van der Waals surface area contributed by atoms with Crippen LogP contribution in [0.25, 0.3) is 0 Å². The van der Waals surface area contributed by atoms with E-state index in [-0.39, 0.29) is 22.4 Å². The van der Waals surface area contributed by atoms with Gasteiger partial charge in [-0.2, -0.15) is 0 Å². The zero-order valence-corrected chi connectivity index (χ0v) is 13.7. The van der Waals surface area contributed by atoms with Gasteiger partial charge in [-0.1, -0.05) is 13.8 Å². The van der Waals surface area contributed by atoms with Crippen LogP contribution in [0.1, 0.15) is 19.4 Å². The van der Waals surface area contributed by atoms with Gasteiger partial charge in [0.05, 0.1) is 11.5 Å². The zero-order chi connectivity index (χ0) is 16.3. The van der Waals surface area contributed by atoms with Crippen molar-refractivity contribution in [3.05, 3.63) is 29.6 Å². The number of nitrogens with one attached hydrogen (secondary N) is 1. The van der Waals surface area contributed by atoms with Crippen LogP contribution in [-0.2, 0) is 16.6 Å². The summed E-state index contributed by atoms with van der Waals surface area (Å²) in [6.45, 7) is 4.36. The molecule has 0 aliphatic carbocycles. The minimum absolute atomic E-state index is 0.0366. The van der Waals surface area contributed by atoms with Crippen LogP contribution in [0.4, 0.5) is 4.39 Å². The molecule has 5 nitrogen and oxygen atoms in total. The summed E-state index contributed by atoms with van der Waals surface area (Å²) in [5, 5.41) is 9.01. The van der Waals surface area contributed by atoms with Crippen LogP contribution in [-0.4, -0.2) is 45.6 Å². The summed E-state index contributed by atoms with van der Waals surface area (Å²) in [6, 6.07) is 3.39. The molecule has 120 valence electrons. The average Bonchev–Trinajstić information content (AvgIpc) is 2.35. The van der Waals surface area contributed by atoms with E-state index in [0.29, 0.717) is 0 Å². The quantitative estimate of drug-likeness (QED) is 0.792. The second-order valence-corrected chi connectivity index (χ2v) is 7.90. The molecule has 0 amide bonds. The lowest BCUT2D eigenvalue weighted by atomic mass is 9.93. The number of rotatable bonds is 7. The van der Waals surface area contributed by atoms with Gasteiger partial charge < -0.3 is 10.0 Å². The molecule has 0 saturated carbocycles. The Labute approximate surface area is 125 Å². The van der Waals surface area contributed by atoms with Crippen molar-refractivity contribution < 1.29 is 17.9 Å². The first-order valence-corrected chi connectivity index (χ1v) is 8.09. The van der Waals surface area contributed by atoms with Gasteiger partial charge in [-0.25, -0.2) is 17.5 Å². The molecule has 1 rings (SSSR count). The smallest absolute Gasteiger partial charge is 0.240 e. The normalized spacial score (nSPS) is 12.9. The lowest BCUT2D eigenvalue weighted by Gasteiger charge is -2.28. The highest BCUT2D eigenvalue weighted by Crippen LogP contribution is 2.18. The molecule has 0 spiro atoms. The molecule has 0 aliphatic rings. The Kier molecular flexibility index (Phi) is 5.86. The first kappa shape index (κ1) is 18.0. The van der Waals surface area contributed by atoms with E-state index in [1.54, 1.807) is 0 Å². The van der Waals surface area contributed by atoms with E-state index in [0.717, 1.165) is 18.7 Å². The Morgan fingerprint density at radius 2 is 1.95 bits per heavy atom. The van der Waals surface area contributed by atoms with Crippen LogP contribution < -0.4 is 4.72 Å². The molecular weight excluding hydrogens is 295 g/mol. The zero-order valence-electron chi connectivity index (χ0n) is 12.9. The maximum absolute atomic E-state index is 13.3. The number of sulfonamides is 1. The fraction of sp³-hybridized carbons (Fsp3) is 0.571. The second-order valence-electron chi connectivity index (χ2n) is 6.14. The van der Waals surface area contributed by atoms with Gasteiger partial charge in [-0.15, -0.1) is 0 Å². The van der Waals surface area contributed by atoms with E-state index in [9.17, 15) is 12.8 Å². The van der Waals surface area contributed by atoms with Gasteiger partial charge in [-0.05, 0) is 37.7 Å². The molecule has 2 N–H and O–H groups in total. The van der Waals surface area contributed by atoms with E-state index in [2.05, 4.69) is 4.72 Å². The monoisotopic (exact) mass is 318 g/mol. The molecule has 0 fully saturated rings. The van der Waals surface area contributed by atoms with E-state index in [1.807, 2.05) is 32.8 Å². The minimum Gasteiger partial charge on any atom is -0.392 e. The molecule has 1 aromatic rings. The topological polar surface area (TPSA) is 69.6 Å². The number of aliphatic hydroxyl groups is 1. The Balaban J connectivity index is 2.87. The van der Waals surface area contributed by atoms with Gasteiger partial charge >= 0.3 is 0 Å². The van der Waals surface area contributed by atoms with E-state index in [4.69, 9.17) is 5.11 Å². The van der Waals surface area contributed by atoms with Gasteiger partial charge in [0, 0.05) is 18.7 Å². The standard InChI is InChI=1S/C14H23FN2O3S/c1-14(2,10-17(3)4)9-16-21(19,20)12-5-6-13(15)11(7-12)8-18/h5-7,16,18H,8-10H2,1-4H3. The van der Waals surface area contributed by atoms with Crippen LogP contribution in [0.5, 0.6) is 0 Å². The summed E-state index contributed by atoms with van der Waals surface area (Å²) in [5.41, 5.74) is -0.276. The summed E-state index contributed by atoms with van der Waals surface area (Å²) < 4.78 is 40.3. The summed E-state index contributed by atoms with van der Waals surface area (Å²) in [4.78, 5) is 1.93. The van der Waals surface area contributed by atoms with Crippen molar-refractivity contribution in [2.24, 2.45) is 5.41 Å². The van der Waals surface area contributed by atoms with Crippen LogP contribution in [0.15, 0.2) is 23.1 Å². The second kappa shape index (κ2) is 6.83. The summed E-state index contributed by atoms with van der Waals surface area (Å²) in [5.74, 6) is -0.621. The highest BCUT2D eigenvalue weighted by Gasteiger charge is 2.23. The summed E-state index contributed by atoms with van der Waals surface area (Å²) >= 11 is 0. The SMILES string of the molecule is CN(C)CC(C)(C)CNS(=O)(=O)c1ccc(F)c(CO)c1. The number of hydrogen-bond donors (Lipinski definition) is 2. The Morgan fingerprint density at radius 3 is 2.48 bits per heavy atom. The molecule has 1 aromatic carbocycles. The number of benzene rings is 1. The van der Waals surface area contributed by atoms with Crippen molar-refractivity contribution in [2.45, 2.75) is 25.3 Å². The third-order valence-corrected chi connectivity index (χ3v) is 4.38. The van der Waals surface area contributed by atoms with Crippen molar-refractivity contribution in [1.82, 2.24) is 9.62 Å². The van der Waals surface area contributed by atoms with E-state index >= 15 is 0 Å². The van der Waals surface area contributed by atoms with Crippen LogP contribution in [0.2, 0.25) is 0 Å². The van der Waals surface area contributed by atoms with E-state index in [1.165, 1.54) is 6.07 Å². The van der Waals surface area contributed by atoms with Crippen molar-refractivity contribution in [3.8, 4) is 0 Å². The van der Waals surface area contributed by atoms with Gasteiger partial charge in [-0.3, -0.25) is 0 Å². The van der Waals surface area contributed by atoms with Crippen LogP contribution >= 0.6 is 0 Å². The molecule has 0 atom stereocenters. The molecule has 0 bridgehead atoms. The third-order valence-electron chi connectivity index (χ3n) is 2.98. The molecule has 0 aromatic heterocycles. The molecule has 21 heavy (non-hydrogen) atoms. The fourth-order valence-corrected chi connectivity index (χ4v) is 3.42. The first-order chi connectivity index (χ1) is 9.57. The van der Waals surface area contributed by atoms with Crippen molar-refractivity contribution in [1.29, 1.82) is 0 Å². The molecule has 0 radical (unpaired) electrons. The molecule has 0 saturated heterocycles. The predicted octanol–water partition coefficient (Wildman–Crippen LogP) is 1.18.